The van der Waals surface area contributed by atoms with Crippen LogP contribution >= 0.6 is 11.6 Å². The first-order valence-electron chi connectivity index (χ1n) is 7.30. The Morgan fingerprint density at radius 1 is 1.32 bits per heavy atom. The van der Waals surface area contributed by atoms with E-state index in [1.54, 1.807) is 6.92 Å². The van der Waals surface area contributed by atoms with Gasteiger partial charge >= 0.3 is 0 Å². The second-order valence-electron chi connectivity index (χ2n) is 5.36. The van der Waals surface area contributed by atoms with Gasteiger partial charge in [0.05, 0.1) is 4.92 Å². The largest absolute Gasteiger partial charge is 0.332 e. The Kier molecular flexibility index (Phi) is 6.00. The van der Waals surface area contributed by atoms with Crippen LogP contribution in [0.5, 0.6) is 0 Å². The molecule has 0 saturated heterocycles. The van der Waals surface area contributed by atoms with Crippen LogP contribution < -0.4 is 10.6 Å². The van der Waals surface area contributed by atoms with Crippen LogP contribution in [-0.4, -0.2) is 17.4 Å². The first kappa shape index (κ1) is 18.8. The molecule has 0 aliphatic heterocycles. The number of hydrogen-bond acceptors (Lipinski definition) is 3. The lowest BCUT2D eigenvalue weighted by molar-refractivity contribution is -0.682. The highest BCUT2D eigenvalue weighted by molar-refractivity contribution is 6.31. The lowest BCUT2D eigenvalue weighted by atomic mass is 10.1. The number of amides is 1. The summed E-state index contributed by atoms with van der Waals surface area (Å²) in [6.07, 6.45) is 0. The number of benzene rings is 2. The van der Waals surface area contributed by atoms with Crippen LogP contribution in [0, 0.1) is 21.7 Å². The fourth-order valence-electron chi connectivity index (χ4n) is 2.25. The molecule has 6 nitrogen and oxygen atoms in total. The van der Waals surface area contributed by atoms with Gasteiger partial charge in [0.2, 0.25) is 0 Å². The topological polar surface area (TPSA) is 88.8 Å². The zero-order chi connectivity index (χ0) is 18.6. The van der Waals surface area contributed by atoms with Crippen molar-refractivity contribution in [1.29, 1.82) is 0 Å². The van der Waals surface area contributed by atoms with E-state index in [0.29, 0.717) is 0 Å². The number of anilines is 1. The predicted molar refractivity (Wildman–Crippen MR) is 88.3 cm³/mol. The third-order valence-corrected chi connectivity index (χ3v) is 3.77. The summed E-state index contributed by atoms with van der Waals surface area (Å²) in [5.41, 5.74) is -0.0465. The SMILES string of the molecule is C[C@@H]([NH2+]CC(=O)Nc1cc(Cl)ccc1[N+](=O)[O-])c1ccc(F)cc1F. The molecule has 0 spiro atoms. The van der Waals surface area contributed by atoms with Crippen molar-refractivity contribution in [3.63, 3.8) is 0 Å². The zero-order valence-corrected chi connectivity index (χ0v) is 13.9. The smallest absolute Gasteiger partial charge is 0.292 e. The Labute approximate surface area is 146 Å². The number of hydrogen-bond donors (Lipinski definition) is 2. The molecule has 132 valence electrons. The molecule has 0 heterocycles. The molecule has 1 atom stereocenters. The van der Waals surface area contributed by atoms with Crippen molar-refractivity contribution in [2.45, 2.75) is 13.0 Å². The molecule has 0 bridgehead atoms. The lowest BCUT2D eigenvalue weighted by Gasteiger charge is -2.12. The molecule has 0 fully saturated rings. The van der Waals surface area contributed by atoms with Gasteiger partial charge in [0.1, 0.15) is 23.4 Å². The maximum atomic E-state index is 13.7. The minimum Gasteiger partial charge on any atom is -0.332 e. The van der Waals surface area contributed by atoms with Crippen LogP contribution in [-0.2, 0) is 4.79 Å². The van der Waals surface area contributed by atoms with Crippen LogP contribution in [0.1, 0.15) is 18.5 Å². The van der Waals surface area contributed by atoms with Gasteiger partial charge in [-0.3, -0.25) is 14.9 Å². The predicted octanol–water partition coefficient (Wildman–Crippen LogP) is 2.79. The molecule has 25 heavy (non-hydrogen) atoms. The Balaban J connectivity index is 2.01. The van der Waals surface area contributed by atoms with Gasteiger partial charge in [-0.05, 0) is 31.2 Å². The van der Waals surface area contributed by atoms with Crippen LogP contribution in [0.25, 0.3) is 0 Å². The summed E-state index contributed by atoms with van der Waals surface area (Å²) in [5, 5.41) is 15.1. The number of halogens is 3. The van der Waals surface area contributed by atoms with Crippen LogP contribution in [0.4, 0.5) is 20.2 Å². The quantitative estimate of drug-likeness (QED) is 0.605. The standard InChI is InChI=1S/C16H14ClF2N3O3/c1-9(12-4-3-11(18)7-13(12)19)20-8-16(23)21-14-6-10(17)2-5-15(14)22(24)25/h2-7,9,20H,8H2,1H3,(H,21,23)/p+1/t9-/m1/s1. The molecule has 2 rings (SSSR count). The number of nitrogens with zero attached hydrogens (tertiary/aromatic N) is 1. The van der Waals surface area contributed by atoms with Gasteiger partial charge in [-0.1, -0.05) is 11.6 Å². The molecule has 0 aliphatic rings. The summed E-state index contributed by atoms with van der Waals surface area (Å²) in [6, 6.07) is 6.60. The number of nitrogens with two attached hydrogens (primary N) is 1. The van der Waals surface area contributed by atoms with Crippen molar-refractivity contribution in [2.24, 2.45) is 0 Å². The van der Waals surface area contributed by atoms with E-state index in [1.807, 2.05) is 0 Å². The Morgan fingerprint density at radius 3 is 2.68 bits per heavy atom. The van der Waals surface area contributed by atoms with Crippen LogP contribution in [0.2, 0.25) is 5.02 Å². The lowest BCUT2D eigenvalue weighted by Crippen LogP contribution is -2.86. The number of carbonyl (C=O) groups excluding carboxylic acids is 1. The minimum absolute atomic E-state index is 0.0171. The highest BCUT2D eigenvalue weighted by Crippen LogP contribution is 2.27. The fraction of sp³-hybridized carbons (Fsp3) is 0.188. The average molecular weight is 371 g/mol. The first-order valence-corrected chi connectivity index (χ1v) is 7.68. The molecule has 0 unspecified atom stereocenters. The van der Waals surface area contributed by atoms with Crippen molar-refractivity contribution in [3.8, 4) is 0 Å². The maximum absolute atomic E-state index is 13.7. The number of nitro groups is 1. The fourth-order valence-corrected chi connectivity index (χ4v) is 2.42. The van der Waals surface area contributed by atoms with Gasteiger partial charge in [0, 0.05) is 22.7 Å². The highest BCUT2D eigenvalue weighted by Gasteiger charge is 2.19. The molecule has 3 N–H and O–H groups in total. The number of nitro benzene ring substituents is 1. The molecule has 0 radical (unpaired) electrons. The summed E-state index contributed by atoms with van der Waals surface area (Å²) in [4.78, 5) is 22.3. The monoisotopic (exact) mass is 370 g/mol. The Hall–Kier alpha value is -2.58. The Bertz CT molecular complexity index is 817. The molecule has 0 saturated carbocycles. The summed E-state index contributed by atoms with van der Waals surface area (Å²) in [7, 11) is 0. The second kappa shape index (κ2) is 8.00. The molecule has 1 amide bonds. The van der Waals surface area contributed by atoms with E-state index < -0.39 is 28.5 Å². The van der Waals surface area contributed by atoms with E-state index in [0.717, 1.165) is 12.1 Å². The van der Waals surface area contributed by atoms with Crippen molar-refractivity contribution >= 4 is 28.9 Å². The molecule has 2 aromatic rings. The number of carbonyl (C=O) groups is 1. The van der Waals surface area contributed by atoms with Crippen molar-refractivity contribution < 1.29 is 23.8 Å². The first-order chi connectivity index (χ1) is 11.8. The average Bonchev–Trinajstić information content (AvgIpc) is 2.52. The van der Waals surface area contributed by atoms with Crippen LogP contribution in [0.3, 0.4) is 0 Å². The molecular weight excluding hydrogens is 356 g/mol. The third-order valence-electron chi connectivity index (χ3n) is 3.54. The number of quaternary nitrogens is 1. The van der Waals surface area contributed by atoms with Gasteiger partial charge in [0.25, 0.3) is 11.6 Å². The van der Waals surface area contributed by atoms with Crippen molar-refractivity contribution in [3.05, 3.63) is 68.7 Å². The van der Waals surface area contributed by atoms with Crippen molar-refractivity contribution in [2.75, 3.05) is 11.9 Å². The van der Waals surface area contributed by atoms with E-state index in [9.17, 15) is 23.7 Å². The molecule has 0 aliphatic carbocycles. The third kappa shape index (κ3) is 4.94. The van der Waals surface area contributed by atoms with Crippen molar-refractivity contribution in [1.82, 2.24) is 0 Å². The zero-order valence-electron chi connectivity index (χ0n) is 13.1. The summed E-state index contributed by atoms with van der Waals surface area (Å²) >= 11 is 5.79. The van der Waals surface area contributed by atoms with E-state index in [4.69, 9.17) is 11.6 Å². The van der Waals surface area contributed by atoms with Gasteiger partial charge in [-0.15, -0.1) is 0 Å². The normalized spacial score (nSPS) is 11.8. The maximum Gasteiger partial charge on any atom is 0.292 e. The Morgan fingerprint density at radius 2 is 2.04 bits per heavy atom. The molecule has 2 aromatic carbocycles. The van der Waals surface area contributed by atoms with E-state index in [-0.39, 0.29) is 28.5 Å². The van der Waals surface area contributed by atoms with Gasteiger partial charge in [-0.2, -0.15) is 0 Å². The number of nitrogens with one attached hydrogen (secondary N) is 1. The van der Waals surface area contributed by atoms with Gasteiger partial charge in [-0.25, -0.2) is 8.78 Å². The molecular formula is C16H15ClF2N3O3+. The van der Waals surface area contributed by atoms with Crippen LogP contribution in [0.15, 0.2) is 36.4 Å². The minimum atomic E-state index is -0.699. The summed E-state index contributed by atoms with van der Waals surface area (Å²) < 4.78 is 26.6. The molecule has 0 aromatic heterocycles. The van der Waals surface area contributed by atoms with Gasteiger partial charge in [0.15, 0.2) is 6.54 Å². The second-order valence-corrected chi connectivity index (χ2v) is 5.80. The highest BCUT2D eigenvalue weighted by atomic mass is 35.5. The van der Waals surface area contributed by atoms with Gasteiger partial charge < -0.3 is 10.6 Å². The summed E-state index contributed by atoms with van der Waals surface area (Å²) in [6.45, 7) is 1.55. The number of rotatable bonds is 6. The van der Waals surface area contributed by atoms with E-state index >= 15 is 0 Å². The van der Waals surface area contributed by atoms with E-state index in [2.05, 4.69) is 5.32 Å². The molecule has 9 heteroatoms. The van der Waals surface area contributed by atoms with E-state index in [1.165, 1.54) is 29.6 Å². The summed E-state index contributed by atoms with van der Waals surface area (Å²) in [5.74, 6) is -1.89.